The number of nitrogens with one attached hydrogen (secondary N) is 1. The molecule has 0 aliphatic heterocycles. The molecule has 0 spiro atoms. The maximum Gasteiger partial charge on any atom is 0.303 e. The number of hydrogen-bond acceptors (Lipinski definition) is 3. The van der Waals surface area contributed by atoms with E-state index >= 15 is 0 Å². The number of carboxylic acid groups (broad SMARTS) is 1. The Morgan fingerprint density at radius 2 is 2.10 bits per heavy atom. The maximum absolute atomic E-state index is 12.2. The number of aliphatic carboxylic acids is 1. The molecule has 0 bridgehead atoms. The Morgan fingerprint density at radius 1 is 1.38 bits per heavy atom. The molecule has 1 aromatic rings. The fourth-order valence-corrected chi connectivity index (χ4v) is 2.00. The first-order valence-corrected chi connectivity index (χ1v) is 7.28. The number of carboxylic acids is 1. The van der Waals surface area contributed by atoms with Gasteiger partial charge >= 0.3 is 5.97 Å². The Labute approximate surface area is 124 Å². The molecule has 1 aliphatic carbocycles. The van der Waals surface area contributed by atoms with Gasteiger partial charge in [0, 0.05) is 13.0 Å². The van der Waals surface area contributed by atoms with Crippen molar-refractivity contribution in [3.63, 3.8) is 0 Å². The molecule has 0 aromatic heterocycles. The van der Waals surface area contributed by atoms with Gasteiger partial charge < -0.3 is 15.2 Å². The van der Waals surface area contributed by atoms with Gasteiger partial charge in [0.1, 0.15) is 5.75 Å². The topological polar surface area (TPSA) is 75.6 Å². The molecule has 1 unspecified atom stereocenters. The Bertz CT molecular complexity index is 511. The molecule has 2 rings (SSSR count). The molecular formula is C16H21NO4. The van der Waals surface area contributed by atoms with Gasteiger partial charge in [-0.3, -0.25) is 9.59 Å². The van der Waals surface area contributed by atoms with Crippen molar-refractivity contribution >= 4 is 11.9 Å². The summed E-state index contributed by atoms with van der Waals surface area (Å²) in [7, 11) is 0. The summed E-state index contributed by atoms with van der Waals surface area (Å²) in [5.41, 5.74) is 0.501. The Kier molecular flexibility index (Phi) is 5.20. The first-order valence-electron chi connectivity index (χ1n) is 7.28. The van der Waals surface area contributed by atoms with Crippen LogP contribution in [0.2, 0.25) is 0 Å². The van der Waals surface area contributed by atoms with Crippen molar-refractivity contribution in [2.45, 2.75) is 26.2 Å². The first kappa shape index (κ1) is 15.4. The third-order valence-corrected chi connectivity index (χ3v) is 3.44. The van der Waals surface area contributed by atoms with Crippen LogP contribution in [0.4, 0.5) is 0 Å². The van der Waals surface area contributed by atoms with Gasteiger partial charge in [-0.15, -0.1) is 0 Å². The monoisotopic (exact) mass is 291 g/mol. The molecule has 1 saturated carbocycles. The van der Waals surface area contributed by atoms with Crippen LogP contribution in [-0.2, 0) is 4.79 Å². The van der Waals surface area contributed by atoms with Gasteiger partial charge in [-0.1, -0.05) is 19.1 Å². The number of rotatable bonds is 8. The van der Waals surface area contributed by atoms with Crippen LogP contribution in [0.15, 0.2) is 24.3 Å². The van der Waals surface area contributed by atoms with Crippen molar-refractivity contribution in [2.24, 2.45) is 11.8 Å². The maximum atomic E-state index is 12.2. The van der Waals surface area contributed by atoms with Gasteiger partial charge in [-0.05, 0) is 36.8 Å². The van der Waals surface area contributed by atoms with Crippen molar-refractivity contribution in [2.75, 3.05) is 13.2 Å². The van der Waals surface area contributed by atoms with E-state index in [4.69, 9.17) is 9.84 Å². The standard InChI is InChI=1S/C16H21NO4/c1-11(8-15(18)19)9-17-16(20)13-4-2-3-5-14(13)21-10-12-6-7-12/h2-5,11-12H,6-10H2,1H3,(H,17,20)(H,18,19). The molecule has 1 aliphatic rings. The second kappa shape index (κ2) is 7.11. The number of carbonyl (C=O) groups excluding carboxylic acids is 1. The summed E-state index contributed by atoms with van der Waals surface area (Å²) < 4.78 is 5.70. The lowest BCUT2D eigenvalue weighted by Crippen LogP contribution is -2.29. The normalized spacial score (nSPS) is 15.3. The largest absolute Gasteiger partial charge is 0.492 e. The van der Waals surface area contributed by atoms with E-state index in [1.165, 1.54) is 12.8 Å². The molecule has 21 heavy (non-hydrogen) atoms. The number of carbonyl (C=O) groups is 2. The summed E-state index contributed by atoms with van der Waals surface area (Å²) in [6.45, 7) is 2.78. The summed E-state index contributed by atoms with van der Waals surface area (Å²) in [6.07, 6.45) is 2.43. The van der Waals surface area contributed by atoms with Crippen molar-refractivity contribution in [3.8, 4) is 5.75 Å². The lowest BCUT2D eigenvalue weighted by molar-refractivity contribution is -0.137. The minimum Gasteiger partial charge on any atom is -0.492 e. The smallest absolute Gasteiger partial charge is 0.303 e. The highest BCUT2D eigenvalue weighted by molar-refractivity contribution is 5.96. The zero-order valence-electron chi connectivity index (χ0n) is 12.2. The van der Waals surface area contributed by atoms with Crippen LogP contribution in [0.3, 0.4) is 0 Å². The minimum atomic E-state index is -0.857. The van der Waals surface area contributed by atoms with E-state index in [0.717, 1.165) is 0 Å². The third kappa shape index (κ3) is 5.10. The van der Waals surface area contributed by atoms with Gasteiger partial charge in [0.05, 0.1) is 12.2 Å². The van der Waals surface area contributed by atoms with E-state index in [9.17, 15) is 9.59 Å². The van der Waals surface area contributed by atoms with Crippen LogP contribution < -0.4 is 10.1 Å². The minimum absolute atomic E-state index is 0.0418. The van der Waals surface area contributed by atoms with Crippen LogP contribution in [0.5, 0.6) is 5.75 Å². The number of amides is 1. The Morgan fingerprint density at radius 3 is 2.76 bits per heavy atom. The second-order valence-electron chi connectivity index (χ2n) is 5.66. The molecule has 1 fully saturated rings. The highest BCUT2D eigenvalue weighted by Gasteiger charge is 2.23. The molecule has 5 heteroatoms. The van der Waals surface area contributed by atoms with Crippen LogP contribution in [-0.4, -0.2) is 30.1 Å². The van der Waals surface area contributed by atoms with Crippen molar-refractivity contribution in [1.82, 2.24) is 5.32 Å². The predicted octanol–water partition coefficient (Wildman–Crippen LogP) is 2.32. The molecule has 0 saturated heterocycles. The molecule has 2 N–H and O–H groups in total. The zero-order chi connectivity index (χ0) is 15.2. The third-order valence-electron chi connectivity index (χ3n) is 3.44. The van der Waals surface area contributed by atoms with E-state index in [-0.39, 0.29) is 18.2 Å². The fraction of sp³-hybridized carbons (Fsp3) is 0.500. The number of hydrogen-bond donors (Lipinski definition) is 2. The van der Waals surface area contributed by atoms with E-state index in [1.807, 2.05) is 6.07 Å². The molecule has 1 atom stereocenters. The molecule has 1 aromatic carbocycles. The number of benzene rings is 1. The fourth-order valence-electron chi connectivity index (χ4n) is 2.00. The average Bonchev–Trinajstić information content (AvgIpc) is 3.26. The van der Waals surface area contributed by atoms with Gasteiger partial charge in [0.25, 0.3) is 5.91 Å². The van der Waals surface area contributed by atoms with Crippen molar-refractivity contribution in [1.29, 1.82) is 0 Å². The molecule has 0 radical (unpaired) electrons. The molecule has 0 heterocycles. The van der Waals surface area contributed by atoms with E-state index in [1.54, 1.807) is 25.1 Å². The van der Waals surface area contributed by atoms with Gasteiger partial charge in [-0.25, -0.2) is 0 Å². The molecule has 1 amide bonds. The van der Waals surface area contributed by atoms with Gasteiger partial charge in [-0.2, -0.15) is 0 Å². The van der Waals surface area contributed by atoms with E-state index in [0.29, 0.717) is 30.4 Å². The summed E-state index contributed by atoms with van der Waals surface area (Å²) in [5.74, 6) is 0.0269. The SMILES string of the molecule is CC(CNC(=O)c1ccccc1OCC1CC1)CC(=O)O. The lowest BCUT2D eigenvalue weighted by Gasteiger charge is -2.13. The molecular weight excluding hydrogens is 270 g/mol. The Balaban J connectivity index is 1.89. The number of para-hydroxylation sites is 1. The van der Waals surface area contributed by atoms with Crippen LogP contribution in [0, 0.1) is 11.8 Å². The van der Waals surface area contributed by atoms with Gasteiger partial charge in [0.2, 0.25) is 0 Å². The number of ether oxygens (including phenoxy) is 1. The van der Waals surface area contributed by atoms with Gasteiger partial charge in [0.15, 0.2) is 0 Å². The highest BCUT2D eigenvalue weighted by Crippen LogP contribution is 2.30. The quantitative estimate of drug-likeness (QED) is 0.770. The summed E-state index contributed by atoms with van der Waals surface area (Å²) in [5, 5.41) is 11.5. The summed E-state index contributed by atoms with van der Waals surface area (Å²) in [6, 6.07) is 7.14. The highest BCUT2D eigenvalue weighted by atomic mass is 16.5. The second-order valence-corrected chi connectivity index (χ2v) is 5.66. The predicted molar refractivity (Wildman–Crippen MR) is 78.4 cm³/mol. The van der Waals surface area contributed by atoms with E-state index < -0.39 is 5.97 Å². The van der Waals surface area contributed by atoms with Crippen LogP contribution >= 0.6 is 0 Å². The van der Waals surface area contributed by atoms with Crippen LogP contribution in [0.1, 0.15) is 36.5 Å². The first-order chi connectivity index (χ1) is 10.1. The molecule has 5 nitrogen and oxygen atoms in total. The van der Waals surface area contributed by atoms with Crippen molar-refractivity contribution in [3.05, 3.63) is 29.8 Å². The summed E-state index contributed by atoms with van der Waals surface area (Å²) in [4.78, 5) is 22.8. The molecule has 114 valence electrons. The zero-order valence-corrected chi connectivity index (χ0v) is 12.2. The van der Waals surface area contributed by atoms with Crippen LogP contribution in [0.25, 0.3) is 0 Å². The summed E-state index contributed by atoms with van der Waals surface area (Å²) >= 11 is 0. The lowest BCUT2D eigenvalue weighted by atomic mass is 10.1. The van der Waals surface area contributed by atoms with Crippen molar-refractivity contribution < 1.29 is 19.4 Å². The van der Waals surface area contributed by atoms with E-state index in [2.05, 4.69) is 5.32 Å². The Hall–Kier alpha value is -2.04. The average molecular weight is 291 g/mol.